The van der Waals surface area contributed by atoms with Crippen LogP contribution in [0.1, 0.15) is 114 Å². The Balaban J connectivity index is 1.21. The molecule has 2 aliphatic rings. The summed E-state index contributed by atoms with van der Waals surface area (Å²) in [6.45, 7) is 7.42. The minimum absolute atomic E-state index is 0.0364. The second kappa shape index (κ2) is 28.7. The lowest BCUT2D eigenvalue weighted by Gasteiger charge is -2.46. The van der Waals surface area contributed by atoms with E-state index in [-0.39, 0.29) is 19.8 Å². The topological polar surface area (TPSA) is 123 Å². The maximum absolute atomic E-state index is 9.92. The average molecular weight is 904 g/mol. The van der Waals surface area contributed by atoms with Gasteiger partial charge in [0.15, 0.2) is 12.1 Å². The molecule has 0 radical (unpaired) electrons. The van der Waals surface area contributed by atoms with E-state index in [0.717, 1.165) is 35.1 Å². The predicted octanol–water partition coefficient (Wildman–Crippen LogP) is 12.8. The zero-order chi connectivity index (χ0) is 46.1. The Morgan fingerprint density at radius 3 is 1.62 bits per heavy atom. The molecule has 0 bridgehead atoms. The van der Waals surface area contributed by atoms with Gasteiger partial charge in [-0.1, -0.05) is 203 Å². The standard InChI is InChI=1S/C55H73N3O8/c1-4-5-6-7-8-9-10-11-12-13-14-27-36-48-50(66-55(2,3)65-48)47(57-58-56)41-63-54-53(62-40-46-34-25-18-26-35-46)52(61-39-45-32-23-17-24-33-45)51(60-38-44-30-21-16-22-31-44)49(64-54)42-59-37-43-28-19-15-20-29-43/h15-36,47-54H,4-14,37-42H2,1-3H3/b36-27-/t47-,48+,49+,50-,51-,52-,53+,54-/m0/s1. The third-order valence-corrected chi connectivity index (χ3v) is 12.1. The lowest BCUT2D eigenvalue weighted by Crippen LogP contribution is -2.62. The SMILES string of the molecule is CCCCCCCCCCCC/C=C\[C@H]1OC(C)(C)O[C@H]1[C@H](CO[C@H]1O[C@H](COCc2ccccc2)[C@H](OCc2ccccc2)[C@H](OCc2ccccc2)[C@H]1OCc1ccccc1)N=[N+]=[N-]. The van der Waals surface area contributed by atoms with Gasteiger partial charge in [-0.05, 0) is 54.5 Å². The molecule has 8 atom stereocenters. The second-order valence-electron chi connectivity index (χ2n) is 17.9. The largest absolute Gasteiger partial charge is 0.374 e. The second-order valence-corrected chi connectivity index (χ2v) is 17.9. The summed E-state index contributed by atoms with van der Waals surface area (Å²) in [6, 6.07) is 39.3. The zero-order valence-corrected chi connectivity index (χ0v) is 39.4. The smallest absolute Gasteiger partial charge is 0.186 e. The van der Waals surface area contributed by atoms with Crippen molar-refractivity contribution in [3.8, 4) is 0 Å². The van der Waals surface area contributed by atoms with Crippen molar-refractivity contribution in [2.24, 2.45) is 5.11 Å². The molecule has 2 aliphatic heterocycles. The van der Waals surface area contributed by atoms with E-state index in [1.165, 1.54) is 57.8 Å². The van der Waals surface area contributed by atoms with E-state index in [1.807, 2.05) is 135 Å². The molecule has 0 aromatic heterocycles. The van der Waals surface area contributed by atoms with Crippen LogP contribution in [0.3, 0.4) is 0 Å². The summed E-state index contributed by atoms with van der Waals surface area (Å²) in [5, 5.41) is 4.25. The van der Waals surface area contributed by atoms with E-state index in [9.17, 15) is 5.53 Å². The van der Waals surface area contributed by atoms with Crippen molar-refractivity contribution in [3.05, 3.63) is 166 Å². The molecule has 0 aliphatic carbocycles. The lowest BCUT2D eigenvalue weighted by molar-refractivity contribution is -0.329. The molecule has 6 rings (SSSR count). The van der Waals surface area contributed by atoms with Gasteiger partial charge in [-0.15, -0.1) is 0 Å². The lowest BCUT2D eigenvalue weighted by atomic mass is 9.97. The highest BCUT2D eigenvalue weighted by molar-refractivity contribution is 5.17. The molecule has 2 fully saturated rings. The number of rotatable bonds is 30. The quantitative estimate of drug-likeness (QED) is 0.0167. The van der Waals surface area contributed by atoms with Crippen LogP contribution in [0.5, 0.6) is 0 Å². The van der Waals surface area contributed by atoms with Gasteiger partial charge in [0.2, 0.25) is 0 Å². The minimum atomic E-state index is -0.978. The van der Waals surface area contributed by atoms with E-state index in [0.29, 0.717) is 19.8 Å². The third kappa shape index (κ3) is 17.4. The van der Waals surface area contributed by atoms with Gasteiger partial charge in [-0.3, -0.25) is 0 Å². The van der Waals surface area contributed by atoms with Crippen LogP contribution in [-0.4, -0.2) is 68.0 Å². The predicted molar refractivity (Wildman–Crippen MR) is 258 cm³/mol. The minimum Gasteiger partial charge on any atom is -0.374 e. The van der Waals surface area contributed by atoms with Gasteiger partial charge in [0.05, 0.1) is 45.7 Å². The number of hydrogen-bond donors (Lipinski definition) is 0. The van der Waals surface area contributed by atoms with E-state index < -0.39 is 54.7 Å². The fourth-order valence-corrected chi connectivity index (χ4v) is 8.58. The fraction of sp³-hybridized carbons (Fsp3) is 0.527. The van der Waals surface area contributed by atoms with Crippen LogP contribution < -0.4 is 0 Å². The summed E-state index contributed by atoms with van der Waals surface area (Å²) in [4.78, 5) is 3.26. The highest BCUT2D eigenvalue weighted by Crippen LogP contribution is 2.35. The Hall–Kier alpha value is -4.39. The zero-order valence-electron chi connectivity index (χ0n) is 39.4. The molecule has 2 saturated heterocycles. The Kier molecular flexibility index (Phi) is 22.2. The fourth-order valence-electron chi connectivity index (χ4n) is 8.58. The maximum Gasteiger partial charge on any atom is 0.186 e. The highest BCUT2D eigenvalue weighted by Gasteiger charge is 2.50. The van der Waals surface area contributed by atoms with Crippen molar-refractivity contribution in [3.63, 3.8) is 0 Å². The molecule has 11 heteroatoms. The van der Waals surface area contributed by atoms with Crippen LogP contribution in [0.15, 0.2) is 139 Å². The Labute approximate surface area is 393 Å². The van der Waals surface area contributed by atoms with Gasteiger partial charge in [0.1, 0.15) is 36.6 Å². The van der Waals surface area contributed by atoms with E-state index in [2.05, 4.69) is 29.1 Å². The summed E-state index contributed by atoms with van der Waals surface area (Å²) >= 11 is 0. The van der Waals surface area contributed by atoms with Crippen molar-refractivity contribution in [2.45, 2.75) is 173 Å². The molecule has 0 unspecified atom stereocenters. The van der Waals surface area contributed by atoms with Crippen LogP contribution in [0.2, 0.25) is 0 Å². The summed E-state index contributed by atoms with van der Waals surface area (Å²) in [5.74, 6) is -0.899. The van der Waals surface area contributed by atoms with Crippen LogP contribution in [-0.2, 0) is 64.3 Å². The number of unbranched alkanes of at least 4 members (excludes halogenated alkanes) is 10. The average Bonchev–Trinajstić information content (AvgIpc) is 3.66. The molecule has 0 spiro atoms. The molecule has 0 N–H and O–H groups in total. The first-order chi connectivity index (χ1) is 32.4. The molecular formula is C55H73N3O8. The van der Waals surface area contributed by atoms with Crippen molar-refractivity contribution < 1.29 is 37.9 Å². The molecule has 11 nitrogen and oxygen atoms in total. The van der Waals surface area contributed by atoms with E-state index in [4.69, 9.17) is 37.9 Å². The van der Waals surface area contributed by atoms with Gasteiger partial charge in [-0.2, -0.15) is 0 Å². The van der Waals surface area contributed by atoms with Gasteiger partial charge in [0, 0.05) is 4.91 Å². The van der Waals surface area contributed by atoms with Gasteiger partial charge < -0.3 is 37.9 Å². The van der Waals surface area contributed by atoms with Crippen molar-refractivity contribution in [1.29, 1.82) is 0 Å². The number of ether oxygens (including phenoxy) is 8. The van der Waals surface area contributed by atoms with E-state index in [1.54, 1.807) is 0 Å². The molecule has 0 amide bonds. The van der Waals surface area contributed by atoms with Gasteiger partial charge in [0.25, 0.3) is 0 Å². The van der Waals surface area contributed by atoms with Crippen molar-refractivity contribution >= 4 is 0 Å². The Morgan fingerprint density at radius 2 is 1.09 bits per heavy atom. The summed E-state index contributed by atoms with van der Waals surface area (Å²) < 4.78 is 53.5. The molecular weight excluding hydrogens is 831 g/mol. The summed E-state index contributed by atoms with van der Waals surface area (Å²) in [6.07, 6.45) is 13.3. The molecule has 2 heterocycles. The van der Waals surface area contributed by atoms with Gasteiger partial charge in [-0.25, -0.2) is 0 Å². The van der Waals surface area contributed by atoms with Gasteiger partial charge >= 0.3 is 0 Å². The van der Waals surface area contributed by atoms with Crippen LogP contribution >= 0.6 is 0 Å². The first-order valence-electron chi connectivity index (χ1n) is 24.3. The number of nitrogens with zero attached hydrogens (tertiary/aromatic N) is 3. The third-order valence-electron chi connectivity index (χ3n) is 12.1. The molecule has 4 aromatic carbocycles. The number of benzene rings is 4. The monoisotopic (exact) mass is 904 g/mol. The summed E-state index contributed by atoms with van der Waals surface area (Å²) in [5.41, 5.74) is 13.9. The molecule has 66 heavy (non-hydrogen) atoms. The normalized spacial score (nSPS) is 23.2. The highest BCUT2D eigenvalue weighted by atomic mass is 16.8. The molecule has 356 valence electrons. The van der Waals surface area contributed by atoms with E-state index >= 15 is 0 Å². The summed E-state index contributed by atoms with van der Waals surface area (Å²) in [7, 11) is 0. The number of allylic oxidation sites excluding steroid dienone is 1. The molecule has 4 aromatic rings. The van der Waals surface area contributed by atoms with Crippen LogP contribution in [0.4, 0.5) is 0 Å². The van der Waals surface area contributed by atoms with Crippen molar-refractivity contribution in [1.82, 2.24) is 0 Å². The first kappa shape index (κ1) is 51.0. The number of hydrogen-bond acceptors (Lipinski definition) is 9. The Morgan fingerprint density at radius 1 is 0.606 bits per heavy atom. The first-order valence-corrected chi connectivity index (χ1v) is 24.3. The Bertz CT molecular complexity index is 1970. The van der Waals surface area contributed by atoms with Crippen LogP contribution in [0.25, 0.3) is 10.4 Å². The maximum atomic E-state index is 9.92. The number of azide groups is 1. The molecule has 0 saturated carbocycles. The van der Waals surface area contributed by atoms with Crippen molar-refractivity contribution in [2.75, 3.05) is 13.2 Å². The van der Waals surface area contributed by atoms with Crippen LogP contribution in [0, 0.1) is 0 Å².